The number of hydrogen-bond acceptors (Lipinski definition) is 4. The number of anilines is 1. The first-order valence-corrected chi connectivity index (χ1v) is 11.5. The van der Waals surface area contributed by atoms with E-state index in [1.807, 2.05) is 66.7 Å². The minimum Gasteiger partial charge on any atom is -0.321 e. The first kappa shape index (κ1) is 18.8. The molecule has 0 spiro atoms. The Morgan fingerprint density at radius 3 is 2.52 bits per heavy atom. The van der Waals surface area contributed by atoms with Crippen molar-refractivity contribution in [1.82, 2.24) is 4.98 Å². The van der Waals surface area contributed by atoms with E-state index in [2.05, 4.69) is 21.2 Å². The Labute approximate surface area is 188 Å². The number of nitrogens with zero attached hydrogens (tertiary/aromatic N) is 1. The van der Waals surface area contributed by atoms with Crippen LogP contribution in [0.15, 0.2) is 71.2 Å². The van der Waals surface area contributed by atoms with Crippen molar-refractivity contribution < 1.29 is 4.79 Å². The fraction of sp³-hybridized carbons (Fsp3) is 0. The molecule has 0 fully saturated rings. The number of fused-ring (bicyclic) bond motifs is 2. The number of thiazole rings is 1. The normalized spacial score (nSPS) is 11.2. The van der Waals surface area contributed by atoms with E-state index in [-0.39, 0.29) is 5.91 Å². The van der Waals surface area contributed by atoms with Gasteiger partial charge in [0.05, 0.1) is 20.9 Å². The molecular weight excluding hydrogens is 488 g/mol. The van der Waals surface area contributed by atoms with Gasteiger partial charge in [0.25, 0.3) is 5.91 Å². The number of carbonyl (C=O) groups is 1. The second-order valence-corrected chi connectivity index (χ2v) is 9.75. The van der Waals surface area contributed by atoms with Gasteiger partial charge in [-0.25, -0.2) is 4.98 Å². The van der Waals surface area contributed by atoms with E-state index in [1.165, 1.54) is 11.3 Å². The van der Waals surface area contributed by atoms with Crippen LogP contribution < -0.4 is 5.32 Å². The molecule has 0 atom stereocenters. The molecule has 0 aliphatic carbocycles. The molecule has 3 nitrogen and oxygen atoms in total. The maximum atomic E-state index is 13.0. The van der Waals surface area contributed by atoms with Gasteiger partial charge in [-0.1, -0.05) is 57.9 Å². The minimum absolute atomic E-state index is 0.221. The monoisotopic (exact) mass is 498 g/mol. The summed E-state index contributed by atoms with van der Waals surface area (Å²) in [4.78, 5) is 18.3. The largest absolute Gasteiger partial charge is 0.321 e. The minimum atomic E-state index is -0.221. The third-order valence-corrected chi connectivity index (χ3v) is 7.73. The van der Waals surface area contributed by atoms with Crippen molar-refractivity contribution in [2.24, 2.45) is 0 Å². The van der Waals surface area contributed by atoms with Crippen LogP contribution in [0.1, 0.15) is 9.67 Å². The first-order valence-electron chi connectivity index (χ1n) is 8.74. The van der Waals surface area contributed by atoms with E-state index in [0.717, 1.165) is 35.3 Å². The van der Waals surface area contributed by atoms with Gasteiger partial charge in [-0.05, 0) is 36.4 Å². The molecular formula is C22H12BrClN2OS2. The van der Waals surface area contributed by atoms with Crippen molar-refractivity contribution in [3.05, 3.63) is 81.1 Å². The first-order chi connectivity index (χ1) is 14.1. The van der Waals surface area contributed by atoms with Crippen LogP contribution in [0.25, 0.3) is 30.9 Å². The number of hydrogen-bond donors (Lipinski definition) is 1. The smallest absolute Gasteiger partial charge is 0.267 e. The summed E-state index contributed by atoms with van der Waals surface area (Å²) in [6, 6.07) is 21.5. The summed E-state index contributed by atoms with van der Waals surface area (Å²) >= 11 is 13.0. The van der Waals surface area contributed by atoms with E-state index in [9.17, 15) is 4.79 Å². The lowest BCUT2D eigenvalue weighted by atomic mass is 10.2. The Balaban J connectivity index is 1.56. The average Bonchev–Trinajstić information content (AvgIpc) is 3.31. The predicted octanol–water partition coefficient (Wildman–Crippen LogP) is 7.85. The number of rotatable bonds is 3. The maximum Gasteiger partial charge on any atom is 0.267 e. The Bertz CT molecular complexity index is 1360. The number of thiophene rings is 1. The quantitative estimate of drug-likeness (QED) is 0.275. The van der Waals surface area contributed by atoms with Crippen LogP contribution in [-0.2, 0) is 0 Å². The number of amides is 1. The number of nitrogens with one attached hydrogen (secondary N) is 1. The fourth-order valence-electron chi connectivity index (χ4n) is 3.13. The summed E-state index contributed by atoms with van der Waals surface area (Å²) in [5.41, 5.74) is 2.51. The van der Waals surface area contributed by atoms with Crippen molar-refractivity contribution >= 4 is 82.1 Å². The summed E-state index contributed by atoms with van der Waals surface area (Å²) in [6.45, 7) is 0. The molecule has 7 heteroatoms. The summed E-state index contributed by atoms with van der Waals surface area (Å²) < 4.78 is 3.02. The highest BCUT2D eigenvalue weighted by molar-refractivity contribution is 9.10. The van der Waals surface area contributed by atoms with Crippen molar-refractivity contribution in [3.63, 3.8) is 0 Å². The third kappa shape index (κ3) is 3.46. The lowest BCUT2D eigenvalue weighted by Crippen LogP contribution is -2.11. The van der Waals surface area contributed by atoms with E-state index in [0.29, 0.717) is 15.6 Å². The molecule has 2 aromatic heterocycles. The molecule has 2 heterocycles. The van der Waals surface area contributed by atoms with Gasteiger partial charge in [-0.3, -0.25) is 4.79 Å². The molecule has 0 bridgehead atoms. The molecule has 0 unspecified atom stereocenters. The van der Waals surface area contributed by atoms with Gasteiger partial charge < -0.3 is 5.32 Å². The highest BCUT2D eigenvalue weighted by Crippen LogP contribution is 2.38. The van der Waals surface area contributed by atoms with Gasteiger partial charge in [0, 0.05) is 20.1 Å². The number of para-hydroxylation sites is 1. The van der Waals surface area contributed by atoms with Gasteiger partial charge in [0.1, 0.15) is 9.88 Å². The molecule has 142 valence electrons. The molecule has 0 aliphatic rings. The van der Waals surface area contributed by atoms with Gasteiger partial charge in [0.2, 0.25) is 0 Å². The van der Waals surface area contributed by atoms with Crippen molar-refractivity contribution in [2.45, 2.75) is 0 Å². The molecule has 0 aliphatic heterocycles. The van der Waals surface area contributed by atoms with Crippen LogP contribution in [0.4, 0.5) is 5.69 Å². The fourth-order valence-corrected chi connectivity index (χ4v) is 5.90. The molecule has 1 amide bonds. The van der Waals surface area contributed by atoms with E-state index in [4.69, 9.17) is 16.6 Å². The Kier molecular flexibility index (Phi) is 4.87. The highest BCUT2D eigenvalue weighted by atomic mass is 79.9. The molecule has 1 N–H and O–H groups in total. The predicted molar refractivity (Wildman–Crippen MR) is 128 cm³/mol. The lowest BCUT2D eigenvalue weighted by Gasteiger charge is -2.09. The zero-order valence-electron chi connectivity index (χ0n) is 14.8. The van der Waals surface area contributed by atoms with Crippen molar-refractivity contribution in [1.29, 1.82) is 0 Å². The Morgan fingerprint density at radius 2 is 1.72 bits per heavy atom. The van der Waals surface area contributed by atoms with Gasteiger partial charge in [0.15, 0.2) is 0 Å². The molecule has 0 radical (unpaired) electrons. The number of benzene rings is 3. The molecule has 3 aromatic carbocycles. The number of carbonyl (C=O) groups excluding carboxylic acids is 1. The lowest BCUT2D eigenvalue weighted by molar-refractivity contribution is 0.103. The summed E-state index contributed by atoms with van der Waals surface area (Å²) in [5, 5.41) is 5.27. The zero-order valence-corrected chi connectivity index (χ0v) is 18.8. The Morgan fingerprint density at radius 1 is 0.966 bits per heavy atom. The van der Waals surface area contributed by atoms with E-state index >= 15 is 0 Å². The molecule has 0 saturated heterocycles. The summed E-state index contributed by atoms with van der Waals surface area (Å²) in [6.07, 6.45) is 0. The van der Waals surface area contributed by atoms with E-state index in [1.54, 1.807) is 11.3 Å². The second-order valence-electron chi connectivity index (χ2n) is 6.37. The average molecular weight is 500 g/mol. The van der Waals surface area contributed by atoms with Crippen LogP contribution in [-0.4, -0.2) is 10.9 Å². The van der Waals surface area contributed by atoms with E-state index < -0.39 is 0 Å². The van der Waals surface area contributed by atoms with Crippen LogP contribution in [0.2, 0.25) is 5.02 Å². The third-order valence-electron chi connectivity index (χ3n) is 4.50. The summed E-state index contributed by atoms with van der Waals surface area (Å²) in [5.74, 6) is -0.221. The van der Waals surface area contributed by atoms with Gasteiger partial charge in [-0.2, -0.15) is 0 Å². The van der Waals surface area contributed by atoms with Gasteiger partial charge in [-0.15, -0.1) is 22.7 Å². The number of halogens is 2. The molecule has 0 saturated carbocycles. The molecule has 5 rings (SSSR count). The Hall–Kier alpha value is -2.25. The molecule has 29 heavy (non-hydrogen) atoms. The van der Waals surface area contributed by atoms with Crippen LogP contribution in [0.3, 0.4) is 0 Å². The maximum absolute atomic E-state index is 13.0. The van der Waals surface area contributed by atoms with Crippen molar-refractivity contribution in [2.75, 3.05) is 5.32 Å². The van der Waals surface area contributed by atoms with Crippen molar-refractivity contribution in [3.8, 4) is 10.6 Å². The van der Waals surface area contributed by atoms with Crippen LogP contribution >= 0.6 is 50.2 Å². The zero-order chi connectivity index (χ0) is 20.0. The highest BCUT2D eigenvalue weighted by Gasteiger charge is 2.19. The summed E-state index contributed by atoms with van der Waals surface area (Å²) in [7, 11) is 0. The molecule has 5 aromatic rings. The standard InChI is InChI=1S/C22H12BrClN2OS2/c23-12-9-10-15(14(11-12)22-26-16-6-2-4-8-18(16)29-22)25-21(27)20-19(24)13-5-1-3-7-17(13)28-20/h1-11H,(H,25,27). The van der Waals surface area contributed by atoms with Crippen LogP contribution in [0.5, 0.6) is 0 Å². The van der Waals surface area contributed by atoms with Gasteiger partial charge >= 0.3 is 0 Å². The SMILES string of the molecule is O=C(Nc1ccc(Br)cc1-c1nc2ccccc2s1)c1sc2ccccc2c1Cl. The second kappa shape index (κ2) is 7.54. The number of aromatic nitrogens is 1. The van der Waals surface area contributed by atoms with Crippen LogP contribution in [0, 0.1) is 0 Å². The topological polar surface area (TPSA) is 42.0 Å².